The molecule has 36 valence electrons. The van der Waals surface area contributed by atoms with Gasteiger partial charge in [-0.2, -0.15) is 0 Å². The van der Waals surface area contributed by atoms with Crippen LogP contribution in [0.2, 0.25) is 0 Å². The fraction of sp³-hybridized carbons (Fsp3) is 0.500. The molecule has 0 aliphatic rings. The van der Waals surface area contributed by atoms with Crippen molar-refractivity contribution in [2.75, 3.05) is 5.33 Å². The van der Waals surface area contributed by atoms with Crippen LogP contribution >= 0.6 is 27.5 Å². The van der Waals surface area contributed by atoms with Crippen LogP contribution < -0.4 is 0 Å². The number of alkyl halides is 1. The van der Waals surface area contributed by atoms with Crippen LogP contribution in [0, 0.1) is 0 Å². The fourth-order valence-corrected chi connectivity index (χ4v) is 0.401. The second-order valence-corrected chi connectivity index (χ2v) is 1.92. The van der Waals surface area contributed by atoms with Gasteiger partial charge in [0.2, 0.25) is 0 Å². The van der Waals surface area contributed by atoms with Crippen molar-refractivity contribution < 1.29 is 0 Å². The van der Waals surface area contributed by atoms with Crippen molar-refractivity contribution in [3.05, 3.63) is 11.1 Å². The van der Waals surface area contributed by atoms with Crippen LogP contribution in [0.4, 0.5) is 0 Å². The first-order valence-corrected chi connectivity index (χ1v) is 3.18. The summed E-state index contributed by atoms with van der Waals surface area (Å²) in [6.07, 6.45) is 1.86. The maximum absolute atomic E-state index is 5.46. The van der Waals surface area contributed by atoms with Crippen LogP contribution in [-0.2, 0) is 0 Å². The van der Waals surface area contributed by atoms with E-state index in [-0.39, 0.29) is 0 Å². The highest BCUT2D eigenvalue weighted by molar-refractivity contribution is 9.09. The summed E-state index contributed by atoms with van der Waals surface area (Å²) in [6, 6.07) is 0. The Hall–Kier alpha value is 0.510. The van der Waals surface area contributed by atoms with Crippen molar-refractivity contribution >= 4 is 27.5 Å². The van der Waals surface area contributed by atoms with Crippen molar-refractivity contribution in [3.63, 3.8) is 0 Å². The average Bonchev–Trinajstić information content (AvgIpc) is 1.65. The molecular weight excluding hydrogens is 163 g/mol. The minimum absolute atomic E-state index is 0.769. The summed E-state index contributed by atoms with van der Waals surface area (Å²) in [4.78, 5) is 0. The van der Waals surface area contributed by atoms with E-state index in [1.165, 1.54) is 0 Å². The molecule has 0 aromatic rings. The Bertz CT molecular complexity index is 58.6. The van der Waals surface area contributed by atoms with Gasteiger partial charge in [-0.3, -0.25) is 0 Å². The molecule has 0 radical (unpaired) electrons. The summed E-state index contributed by atoms with van der Waals surface area (Å²) in [5.74, 6) is 0. The third-order valence-corrected chi connectivity index (χ3v) is 1.72. The lowest BCUT2D eigenvalue weighted by molar-refractivity contribution is 1.62. The molecule has 6 heavy (non-hydrogen) atoms. The van der Waals surface area contributed by atoms with E-state index in [1.807, 2.05) is 13.0 Å². The second-order valence-electron chi connectivity index (χ2n) is 0.869. The number of halogens is 2. The van der Waals surface area contributed by atoms with Gasteiger partial charge in [-0.05, 0) is 6.92 Å². The van der Waals surface area contributed by atoms with E-state index >= 15 is 0 Å². The fourth-order valence-electron chi connectivity index (χ4n) is 0.0772. The molecule has 0 atom stereocenters. The monoisotopic (exact) mass is 168 g/mol. The molecule has 0 aliphatic heterocycles. The maximum atomic E-state index is 5.46. The van der Waals surface area contributed by atoms with Gasteiger partial charge in [0, 0.05) is 10.4 Å². The Morgan fingerprint density at radius 1 is 2.00 bits per heavy atom. The van der Waals surface area contributed by atoms with Gasteiger partial charge in [0.15, 0.2) is 0 Å². The molecule has 0 aromatic heterocycles. The minimum Gasteiger partial charge on any atom is -0.0886 e. The summed E-state index contributed by atoms with van der Waals surface area (Å²) in [6.45, 7) is 1.91. The quantitative estimate of drug-likeness (QED) is 0.529. The van der Waals surface area contributed by atoms with Gasteiger partial charge >= 0.3 is 0 Å². The standard InChI is InChI=1S/C4H6BrCl/c1-2-4(6)3-5/h2H,3H2,1H3/b4-2-. The van der Waals surface area contributed by atoms with Crippen molar-refractivity contribution in [3.8, 4) is 0 Å². The molecule has 0 bridgehead atoms. The Morgan fingerprint density at radius 3 is 2.50 bits per heavy atom. The first kappa shape index (κ1) is 6.51. The lowest BCUT2D eigenvalue weighted by atomic mass is 10.6. The van der Waals surface area contributed by atoms with Crippen LogP contribution in [0.5, 0.6) is 0 Å². The van der Waals surface area contributed by atoms with E-state index in [4.69, 9.17) is 11.6 Å². The predicted octanol–water partition coefficient (Wildman–Crippen LogP) is 2.52. The Balaban J connectivity index is 3.22. The van der Waals surface area contributed by atoms with Crippen LogP contribution in [0.3, 0.4) is 0 Å². The van der Waals surface area contributed by atoms with Gasteiger partial charge in [0.1, 0.15) is 0 Å². The van der Waals surface area contributed by atoms with E-state index in [0.29, 0.717) is 0 Å². The van der Waals surface area contributed by atoms with Crippen LogP contribution in [0.15, 0.2) is 11.1 Å². The largest absolute Gasteiger partial charge is 0.0886 e. The molecule has 0 rings (SSSR count). The first-order chi connectivity index (χ1) is 2.81. The molecule has 0 aromatic carbocycles. The van der Waals surface area contributed by atoms with Gasteiger partial charge in [-0.1, -0.05) is 33.6 Å². The highest BCUT2D eigenvalue weighted by Crippen LogP contribution is 2.02. The smallest absolute Gasteiger partial charge is 0.0387 e. The molecule has 0 unspecified atom stereocenters. The maximum Gasteiger partial charge on any atom is 0.0387 e. The Kier molecular flexibility index (Phi) is 4.01. The van der Waals surface area contributed by atoms with Gasteiger partial charge in [0.25, 0.3) is 0 Å². The van der Waals surface area contributed by atoms with Crippen LogP contribution in [0.25, 0.3) is 0 Å². The zero-order valence-corrected chi connectivity index (χ0v) is 5.88. The summed E-state index contributed by atoms with van der Waals surface area (Å²) >= 11 is 8.64. The average molecular weight is 169 g/mol. The van der Waals surface area contributed by atoms with Crippen molar-refractivity contribution in [2.24, 2.45) is 0 Å². The molecular formula is C4H6BrCl. The van der Waals surface area contributed by atoms with Crippen LogP contribution in [-0.4, -0.2) is 5.33 Å². The molecule has 0 heterocycles. The van der Waals surface area contributed by atoms with E-state index < -0.39 is 0 Å². The van der Waals surface area contributed by atoms with Crippen molar-refractivity contribution in [2.45, 2.75) is 6.92 Å². The summed E-state index contributed by atoms with van der Waals surface area (Å²) < 4.78 is 0. The zero-order chi connectivity index (χ0) is 4.99. The Labute approximate surface area is 51.3 Å². The van der Waals surface area contributed by atoms with E-state index in [2.05, 4.69) is 15.9 Å². The van der Waals surface area contributed by atoms with Crippen molar-refractivity contribution in [1.29, 1.82) is 0 Å². The Morgan fingerprint density at radius 2 is 2.50 bits per heavy atom. The highest BCUT2D eigenvalue weighted by atomic mass is 79.9. The molecule has 0 saturated heterocycles. The molecule has 0 N–H and O–H groups in total. The number of hydrogen-bond acceptors (Lipinski definition) is 0. The van der Waals surface area contributed by atoms with Gasteiger partial charge in [-0.15, -0.1) is 0 Å². The molecule has 0 saturated carbocycles. The van der Waals surface area contributed by atoms with Crippen molar-refractivity contribution in [1.82, 2.24) is 0 Å². The van der Waals surface area contributed by atoms with E-state index in [9.17, 15) is 0 Å². The first-order valence-electron chi connectivity index (χ1n) is 1.68. The van der Waals surface area contributed by atoms with Gasteiger partial charge < -0.3 is 0 Å². The number of hydrogen-bond donors (Lipinski definition) is 0. The summed E-state index contributed by atoms with van der Waals surface area (Å²) in [7, 11) is 0. The lowest BCUT2D eigenvalue weighted by Crippen LogP contribution is -1.64. The van der Waals surface area contributed by atoms with E-state index in [1.54, 1.807) is 0 Å². The lowest BCUT2D eigenvalue weighted by Gasteiger charge is -1.79. The topological polar surface area (TPSA) is 0 Å². The molecule has 0 fully saturated rings. The predicted molar refractivity (Wildman–Crippen MR) is 33.4 cm³/mol. The second kappa shape index (κ2) is 3.69. The third kappa shape index (κ3) is 2.73. The SMILES string of the molecule is C/C=C(\Cl)CBr. The molecule has 0 spiro atoms. The molecule has 2 heteroatoms. The number of rotatable bonds is 1. The number of allylic oxidation sites excluding steroid dienone is 2. The third-order valence-electron chi connectivity index (χ3n) is 0.441. The summed E-state index contributed by atoms with van der Waals surface area (Å²) in [5.41, 5.74) is 0. The molecule has 0 amide bonds. The summed E-state index contributed by atoms with van der Waals surface area (Å²) in [5, 5.41) is 1.63. The molecule has 0 aliphatic carbocycles. The van der Waals surface area contributed by atoms with Gasteiger partial charge in [-0.25, -0.2) is 0 Å². The molecule has 0 nitrogen and oxygen atoms in total. The van der Waals surface area contributed by atoms with Gasteiger partial charge in [0.05, 0.1) is 0 Å². The minimum atomic E-state index is 0.769. The van der Waals surface area contributed by atoms with Crippen LogP contribution in [0.1, 0.15) is 6.92 Å². The highest BCUT2D eigenvalue weighted by Gasteiger charge is 1.78. The van der Waals surface area contributed by atoms with E-state index in [0.717, 1.165) is 10.4 Å². The normalized spacial score (nSPS) is 12.2. The zero-order valence-electron chi connectivity index (χ0n) is 3.54.